The highest BCUT2D eigenvalue weighted by Gasteiger charge is 2.09. The van der Waals surface area contributed by atoms with Crippen LogP contribution in [0.5, 0.6) is 0 Å². The van der Waals surface area contributed by atoms with Crippen LogP contribution in [0.3, 0.4) is 0 Å². The fraction of sp³-hybridized carbons (Fsp3) is 0.294. The molecule has 1 aromatic carbocycles. The first-order valence-corrected chi connectivity index (χ1v) is 6.93. The van der Waals surface area contributed by atoms with E-state index in [1.807, 2.05) is 7.05 Å². The molecule has 0 atom stereocenters. The number of Topliss-reactive ketones (excluding diaryl/α,β-unsaturated/α-hetero) is 1. The van der Waals surface area contributed by atoms with Gasteiger partial charge in [-0.05, 0) is 31.7 Å². The van der Waals surface area contributed by atoms with Crippen molar-refractivity contribution in [2.75, 3.05) is 13.6 Å². The fourth-order valence-electron chi connectivity index (χ4n) is 2.05. The topological polar surface area (TPSA) is 33.2 Å². The van der Waals surface area contributed by atoms with Crippen LogP contribution in [0.1, 0.15) is 28.0 Å². The molecule has 0 aliphatic heterocycles. The third-order valence-corrected chi connectivity index (χ3v) is 3.31. The van der Waals surface area contributed by atoms with E-state index in [1.54, 1.807) is 0 Å². The summed E-state index contributed by atoms with van der Waals surface area (Å²) in [7, 11) is 1.98. The number of aromatic nitrogens is 1. The Labute approximate surface area is 124 Å². The first-order valence-electron chi connectivity index (χ1n) is 6.93. The van der Waals surface area contributed by atoms with Crippen LogP contribution < -0.4 is 0 Å². The molecule has 0 radical (unpaired) electrons. The molecule has 3 nitrogen and oxygen atoms in total. The third-order valence-electron chi connectivity index (χ3n) is 3.31. The summed E-state index contributed by atoms with van der Waals surface area (Å²) in [5, 5.41) is 0. The smallest absolute Gasteiger partial charge is 0.182 e. The van der Waals surface area contributed by atoms with E-state index in [0.29, 0.717) is 18.7 Å². The second kappa shape index (κ2) is 7.09. The second-order valence-electron chi connectivity index (χ2n) is 5.26. The maximum Gasteiger partial charge on any atom is 0.182 e. The van der Waals surface area contributed by atoms with Gasteiger partial charge in [0, 0.05) is 19.5 Å². The van der Waals surface area contributed by atoms with Crippen molar-refractivity contribution >= 4 is 5.78 Å². The largest absolute Gasteiger partial charge is 0.302 e. The molecule has 0 bridgehead atoms. The first-order chi connectivity index (χ1) is 10.0. The molecule has 0 aliphatic rings. The molecule has 0 unspecified atom stereocenters. The molecule has 0 spiro atoms. The van der Waals surface area contributed by atoms with Crippen molar-refractivity contribution in [3.8, 4) is 0 Å². The molecule has 0 amide bonds. The molecule has 0 saturated heterocycles. The number of ketones is 1. The lowest BCUT2D eigenvalue weighted by Gasteiger charge is -2.16. The maximum absolute atomic E-state index is 12.8. The highest BCUT2D eigenvalue weighted by atomic mass is 19.1. The van der Waals surface area contributed by atoms with E-state index in [4.69, 9.17) is 0 Å². The monoisotopic (exact) mass is 286 g/mol. The molecule has 0 aliphatic carbocycles. The number of hydrogen-bond donors (Lipinski definition) is 0. The molecule has 2 aromatic rings. The number of carbonyl (C=O) groups excluding carboxylic acids is 1. The summed E-state index contributed by atoms with van der Waals surface area (Å²) in [6.07, 6.45) is 1.45. The minimum atomic E-state index is -0.428. The van der Waals surface area contributed by atoms with Crippen molar-refractivity contribution in [2.45, 2.75) is 19.9 Å². The Morgan fingerprint density at radius 2 is 1.90 bits per heavy atom. The highest BCUT2D eigenvalue weighted by Crippen LogP contribution is 2.07. The van der Waals surface area contributed by atoms with E-state index in [2.05, 4.69) is 41.1 Å². The van der Waals surface area contributed by atoms with Crippen molar-refractivity contribution in [1.29, 1.82) is 0 Å². The van der Waals surface area contributed by atoms with Crippen LogP contribution in [0.4, 0.5) is 4.39 Å². The Balaban J connectivity index is 1.83. The summed E-state index contributed by atoms with van der Waals surface area (Å²) < 4.78 is 12.8. The van der Waals surface area contributed by atoms with Crippen LogP contribution in [0.2, 0.25) is 0 Å². The van der Waals surface area contributed by atoms with Crippen molar-refractivity contribution in [3.05, 3.63) is 65.2 Å². The van der Waals surface area contributed by atoms with Gasteiger partial charge in [-0.2, -0.15) is 0 Å². The Bertz CT molecular complexity index is 593. The van der Waals surface area contributed by atoms with E-state index < -0.39 is 5.82 Å². The Hall–Kier alpha value is -2.07. The van der Waals surface area contributed by atoms with Crippen molar-refractivity contribution < 1.29 is 9.18 Å². The van der Waals surface area contributed by atoms with Gasteiger partial charge in [0.2, 0.25) is 0 Å². The summed E-state index contributed by atoms with van der Waals surface area (Å²) >= 11 is 0. The first kappa shape index (κ1) is 15.3. The molecule has 2 rings (SSSR count). The lowest BCUT2D eigenvalue weighted by atomic mass is 10.1. The zero-order valence-electron chi connectivity index (χ0n) is 12.3. The van der Waals surface area contributed by atoms with Gasteiger partial charge in [0.15, 0.2) is 5.78 Å². The number of hydrogen-bond acceptors (Lipinski definition) is 3. The van der Waals surface area contributed by atoms with Crippen LogP contribution in [-0.4, -0.2) is 29.3 Å². The van der Waals surface area contributed by atoms with Crippen LogP contribution in [-0.2, 0) is 6.54 Å². The number of pyridine rings is 1. The highest BCUT2D eigenvalue weighted by molar-refractivity contribution is 5.94. The number of halogens is 1. The van der Waals surface area contributed by atoms with Gasteiger partial charge < -0.3 is 4.90 Å². The van der Waals surface area contributed by atoms with E-state index in [9.17, 15) is 9.18 Å². The van der Waals surface area contributed by atoms with E-state index in [1.165, 1.54) is 23.3 Å². The number of benzene rings is 1. The molecular weight excluding hydrogens is 267 g/mol. The second-order valence-corrected chi connectivity index (χ2v) is 5.26. The summed E-state index contributed by atoms with van der Waals surface area (Å²) in [6.45, 7) is 3.50. The lowest BCUT2D eigenvalue weighted by Crippen LogP contribution is -2.21. The standard InChI is InChI=1S/C17H19FN2O/c1-13-3-5-14(6-4-13)12-20(2)10-9-17(21)16-8-7-15(18)11-19-16/h3-8,11H,9-10,12H2,1-2H3. The minimum absolute atomic E-state index is 0.0641. The summed E-state index contributed by atoms with van der Waals surface area (Å²) in [6, 6.07) is 11.0. The predicted octanol–water partition coefficient (Wildman–Crippen LogP) is 3.23. The minimum Gasteiger partial charge on any atom is -0.302 e. The third kappa shape index (κ3) is 4.76. The Morgan fingerprint density at radius 1 is 1.19 bits per heavy atom. The van der Waals surface area contributed by atoms with Gasteiger partial charge in [0.25, 0.3) is 0 Å². The maximum atomic E-state index is 12.8. The molecular formula is C17H19FN2O. The van der Waals surface area contributed by atoms with Crippen LogP contribution in [0, 0.1) is 12.7 Å². The van der Waals surface area contributed by atoms with Gasteiger partial charge in [0.05, 0.1) is 6.20 Å². The van der Waals surface area contributed by atoms with Crippen molar-refractivity contribution in [1.82, 2.24) is 9.88 Å². The molecule has 0 N–H and O–H groups in total. The molecule has 0 fully saturated rings. The SMILES string of the molecule is Cc1ccc(CN(C)CCC(=O)c2ccc(F)cn2)cc1. The molecule has 21 heavy (non-hydrogen) atoms. The van der Waals surface area contributed by atoms with Gasteiger partial charge in [-0.1, -0.05) is 29.8 Å². The van der Waals surface area contributed by atoms with Crippen molar-refractivity contribution in [2.24, 2.45) is 0 Å². The average molecular weight is 286 g/mol. The average Bonchev–Trinajstić information content (AvgIpc) is 2.48. The summed E-state index contributed by atoms with van der Waals surface area (Å²) in [4.78, 5) is 17.8. The number of aryl methyl sites for hydroxylation is 1. The van der Waals surface area contributed by atoms with E-state index in [-0.39, 0.29) is 5.78 Å². The molecule has 0 saturated carbocycles. The lowest BCUT2D eigenvalue weighted by molar-refractivity contribution is 0.0963. The molecule has 1 heterocycles. The number of nitrogens with zero attached hydrogens (tertiary/aromatic N) is 2. The van der Waals surface area contributed by atoms with Crippen LogP contribution in [0.25, 0.3) is 0 Å². The van der Waals surface area contributed by atoms with Gasteiger partial charge in [-0.15, -0.1) is 0 Å². The number of rotatable bonds is 6. The molecule has 1 aromatic heterocycles. The Kier molecular flexibility index (Phi) is 5.17. The quantitative estimate of drug-likeness (QED) is 0.764. The van der Waals surface area contributed by atoms with Crippen LogP contribution in [0.15, 0.2) is 42.6 Å². The fourth-order valence-corrected chi connectivity index (χ4v) is 2.05. The number of carbonyl (C=O) groups is 1. The summed E-state index contributed by atoms with van der Waals surface area (Å²) in [5.41, 5.74) is 2.77. The van der Waals surface area contributed by atoms with Gasteiger partial charge in [-0.3, -0.25) is 9.78 Å². The van der Waals surface area contributed by atoms with Gasteiger partial charge in [-0.25, -0.2) is 4.39 Å². The molecule has 110 valence electrons. The van der Waals surface area contributed by atoms with Gasteiger partial charge >= 0.3 is 0 Å². The zero-order chi connectivity index (χ0) is 15.2. The summed E-state index contributed by atoms with van der Waals surface area (Å²) in [5.74, 6) is -0.492. The van der Waals surface area contributed by atoms with E-state index in [0.717, 1.165) is 12.7 Å². The van der Waals surface area contributed by atoms with Gasteiger partial charge in [0.1, 0.15) is 11.5 Å². The normalized spacial score (nSPS) is 10.9. The Morgan fingerprint density at radius 3 is 2.52 bits per heavy atom. The molecule has 4 heteroatoms. The predicted molar refractivity (Wildman–Crippen MR) is 80.7 cm³/mol. The zero-order valence-corrected chi connectivity index (χ0v) is 12.3. The van der Waals surface area contributed by atoms with E-state index >= 15 is 0 Å². The van der Waals surface area contributed by atoms with Crippen molar-refractivity contribution in [3.63, 3.8) is 0 Å². The van der Waals surface area contributed by atoms with Crippen LogP contribution >= 0.6 is 0 Å².